The van der Waals surface area contributed by atoms with Crippen LogP contribution in [0.5, 0.6) is 5.75 Å². The number of H-pyrrole nitrogens is 1. The number of anilines is 1. The van der Waals surface area contributed by atoms with Gasteiger partial charge in [-0.15, -0.1) is 0 Å². The first-order valence-corrected chi connectivity index (χ1v) is 6.51. The van der Waals surface area contributed by atoms with Crippen LogP contribution in [0.4, 0.5) is 5.69 Å². The van der Waals surface area contributed by atoms with Crippen LogP contribution in [-0.4, -0.2) is 22.5 Å². The van der Waals surface area contributed by atoms with Gasteiger partial charge >= 0.3 is 0 Å². The van der Waals surface area contributed by atoms with Crippen LogP contribution in [0.25, 0.3) is 22.5 Å². The molecule has 106 valence electrons. The van der Waals surface area contributed by atoms with Gasteiger partial charge in [-0.2, -0.15) is 5.10 Å². The van der Waals surface area contributed by atoms with Crippen molar-refractivity contribution in [1.29, 1.82) is 0 Å². The monoisotopic (exact) mass is 281 g/mol. The highest BCUT2D eigenvalue weighted by Gasteiger charge is 2.11. The zero-order chi connectivity index (χ0) is 14.7. The molecule has 0 radical (unpaired) electrons. The van der Waals surface area contributed by atoms with Crippen molar-refractivity contribution < 1.29 is 9.94 Å². The minimum atomic E-state index is 0.585. The quantitative estimate of drug-likeness (QED) is 0.640. The van der Waals surface area contributed by atoms with Crippen LogP contribution >= 0.6 is 0 Å². The molecule has 5 heteroatoms. The third-order valence-electron chi connectivity index (χ3n) is 3.27. The zero-order valence-electron chi connectivity index (χ0n) is 11.5. The summed E-state index contributed by atoms with van der Waals surface area (Å²) in [4.78, 5) is 0. The van der Waals surface area contributed by atoms with Gasteiger partial charge in [0.25, 0.3) is 0 Å². The number of hydrogen-bond acceptors (Lipinski definition) is 4. The first-order valence-electron chi connectivity index (χ1n) is 6.51. The molecule has 3 aromatic rings. The van der Waals surface area contributed by atoms with E-state index < -0.39 is 0 Å². The summed E-state index contributed by atoms with van der Waals surface area (Å²) in [5, 5.41) is 16.4. The van der Waals surface area contributed by atoms with E-state index in [1.54, 1.807) is 25.3 Å². The van der Waals surface area contributed by atoms with Gasteiger partial charge in [-0.05, 0) is 24.3 Å². The number of nitrogens with zero attached hydrogens (tertiary/aromatic N) is 1. The number of ether oxygens (including phenoxy) is 1. The molecule has 0 aliphatic rings. The molecule has 5 nitrogen and oxygen atoms in total. The maximum atomic E-state index is 9.04. The molecule has 0 spiro atoms. The number of methoxy groups -OCH3 is 1. The average molecular weight is 281 g/mol. The summed E-state index contributed by atoms with van der Waals surface area (Å²) in [6.07, 6.45) is 0. The predicted octanol–water partition coefficient (Wildman–Crippen LogP) is 3.55. The summed E-state index contributed by atoms with van der Waals surface area (Å²) < 4.78 is 5.36. The van der Waals surface area contributed by atoms with E-state index in [1.165, 1.54) is 0 Å². The molecule has 0 aliphatic carbocycles. The Balaban J connectivity index is 2.04. The first kappa shape index (κ1) is 13.2. The Morgan fingerprint density at radius 3 is 2.62 bits per heavy atom. The third kappa shape index (κ3) is 2.59. The SMILES string of the molecule is COc1ccc(NO)cc1-c1cc(-c2ccccc2)n[nH]1. The summed E-state index contributed by atoms with van der Waals surface area (Å²) >= 11 is 0. The highest BCUT2D eigenvalue weighted by atomic mass is 16.5. The molecule has 0 saturated carbocycles. The maximum Gasteiger partial charge on any atom is 0.128 e. The number of benzene rings is 2. The van der Waals surface area contributed by atoms with Crippen molar-refractivity contribution in [2.45, 2.75) is 0 Å². The van der Waals surface area contributed by atoms with Gasteiger partial charge in [0.2, 0.25) is 0 Å². The first-order chi connectivity index (χ1) is 10.3. The summed E-state index contributed by atoms with van der Waals surface area (Å²) in [6.45, 7) is 0. The number of aromatic amines is 1. The molecule has 0 saturated heterocycles. The maximum absolute atomic E-state index is 9.04. The number of rotatable bonds is 4. The summed E-state index contributed by atoms with van der Waals surface area (Å²) in [6, 6.07) is 17.2. The molecule has 0 bridgehead atoms. The van der Waals surface area contributed by atoms with Crippen molar-refractivity contribution in [2.75, 3.05) is 12.6 Å². The van der Waals surface area contributed by atoms with Crippen molar-refractivity contribution in [3.63, 3.8) is 0 Å². The van der Waals surface area contributed by atoms with Crippen molar-refractivity contribution in [3.05, 3.63) is 54.6 Å². The second kappa shape index (κ2) is 5.68. The van der Waals surface area contributed by atoms with Crippen LogP contribution in [0.2, 0.25) is 0 Å². The standard InChI is InChI=1S/C16H15N3O2/c1-21-16-8-7-12(19-20)9-13(16)15-10-14(17-18-15)11-5-3-2-4-6-11/h2-10,19-20H,1H3,(H,17,18). The molecule has 0 amide bonds. The lowest BCUT2D eigenvalue weighted by molar-refractivity contribution is 0.388. The van der Waals surface area contributed by atoms with Gasteiger partial charge in [0, 0.05) is 11.1 Å². The zero-order valence-corrected chi connectivity index (χ0v) is 11.5. The Bertz CT molecular complexity index is 738. The minimum absolute atomic E-state index is 0.585. The van der Waals surface area contributed by atoms with Gasteiger partial charge in [0.05, 0.1) is 24.2 Å². The van der Waals surface area contributed by atoms with Gasteiger partial charge in [0.1, 0.15) is 5.75 Å². The van der Waals surface area contributed by atoms with Crippen molar-refractivity contribution >= 4 is 5.69 Å². The minimum Gasteiger partial charge on any atom is -0.496 e. The molecular formula is C16H15N3O2. The molecule has 1 heterocycles. The third-order valence-corrected chi connectivity index (χ3v) is 3.27. The van der Waals surface area contributed by atoms with Gasteiger partial charge in [-0.1, -0.05) is 30.3 Å². The van der Waals surface area contributed by atoms with Gasteiger partial charge in [0.15, 0.2) is 0 Å². The highest BCUT2D eigenvalue weighted by molar-refractivity contribution is 5.75. The van der Waals surface area contributed by atoms with Crippen LogP contribution in [0.3, 0.4) is 0 Å². The average Bonchev–Trinajstić information content (AvgIpc) is 3.05. The smallest absolute Gasteiger partial charge is 0.128 e. The van der Waals surface area contributed by atoms with E-state index in [1.807, 2.05) is 36.4 Å². The summed E-state index contributed by atoms with van der Waals surface area (Å²) in [7, 11) is 1.61. The fourth-order valence-electron chi connectivity index (χ4n) is 2.20. The van der Waals surface area contributed by atoms with E-state index >= 15 is 0 Å². The van der Waals surface area contributed by atoms with E-state index in [0.29, 0.717) is 11.4 Å². The number of hydrogen-bond donors (Lipinski definition) is 3. The summed E-state index contributed by atoms with van der Waals surface area (Å²) in [5.74, 6) is 0.706. The lowest BCUT2D eigenvalue weighted by Gasteiger charge is -2.08. The van der Waals surface area contributed by atoms with Crippen LogP contribution in [0.15, 0.2) is 54.6 Å². The molecule has 0 fully saturated rings. The molecule has 0 unspecified atom stereocenters. The lowest BCUT2D eigenvalue weighted by atomic mass is 10.1. The Kier molecular flexibility index (Phi) is 3.57. The topological polar surface area (TPSA) is 70.2 Å². The van der Waals surface area contributed by atoms with E-state index in [0.717, 1.165) is 22.5 Å². The van der Waals surface area contributed by atoms with Crippen LogP contribution in [0, 0.1) is 0 Å². The van der Waals surface area contributed by atoms with Crippen molar-refractivity contribution in [2.24, 2.45) is 0 Å². The van der Waals surface area contributed by atoms with Gasteiger partial charge in [-0.25, -0.2) is 0 Å². The molecule has 2 aromatic carbocycles. The Hall–Kier alpha value is -2.79. The Morgan fingerprint density at radius 1 is 1.10 bits per heavy atom. The molecule has 3 N–H and O–H groups in total. The van der Waals surface area contributed by atoms with Gasteiger partial charge in [-0.3, -0.25) is 15.8 Å². The van der Waals surface area contributed by atoms with E-state index in [-0.39, 0.29) is 0 Å². The Morgan fingerprint density at radius 2 is 1.90 bits per heavy atom. The lowest BCUT2D eigenvalue weighted by Crippen LogP contribution is -1.93. The molecule has 21 heavy (non-hydrogen) atoms. The molecular weight excluding hydrogens is 266 g/mol. The highest BCUT2D eigenvalue weighted by Crippen LogP contribution is 2.33. The number of nitrogens with one attached hydrogen (secondary N) is 2. The normalized spacial score (nSPS) is 10.4. The van der Waals surface area contributed by atoms with Gasteiger partial charge < -0.3 is 4.74 Å². The largest absolute Gasteiger partial charge is 0.496 e. The van der Waals surface area contributed by atoms with E-state index in [2.05, 4.69) is 15.7 Å². The fourth-order valence-corrected chi connectivity index (χ4v) is 2.20. The van der Waals surface area contributed by atoms with Crippen LogP contribution < -0.4 is 10.2 Å². The van der Waals surface area contributed by atoms with Crippen molar-refractivity contribution in [3.8, 4) is 28.3 Å². The number of aromatic nitrogens is 2. The second-order valence-corrected chi connectivity index (χ2v) is 4.56. The Labute approximate surface area is 122 Å². The second-order valence-electron chi connectivity index (χ2n) is 4.56. The van der Waals surface area contributed by atoms with E-state index in [9.17, 15) is 0 Å². The molecule has 1 aromatic heterocycles. The van der Waals surface area contributed by atoms with Crippen molar-refractivity contribution in [1.82, 2.24) is 10.2 Å². The molecule has 0 atom stereocenters. The molecule has 3 rings (SSSR count). The van der Waals surface area contributed by atoms with Crippen LogP contribution in [-0.2, 0) is 0 Å². The molecule has 0 aliphatic heterocycles. The predicted molar refractivity (Wildman–Crippen MR) is 81.4 cm³/mol. The van der Waals surface area contributed by atoms with E-state index in [4.69, 9.17) is 9.94 Å². The summed E-state index contributed by atoms with van der Waals surface area (Å²) in [5.41, 5.74) is 6.26. The fraction of sp³-hybridized carbons (Fsp3) is 0.0625. The van der Waals surface area contributed by atoms with Crippen LogP contribution in [0.1, 0.15) is 0 Å².